The van der Waals surface area contributed by atoms with Gasteiger partial charge >= 0.3 is 5.97 Å². The maximum absolute atomic E-state index is 14.6. The van der Waals surface area contributed by atoms with Crippen LogP contribution in [-0.2, 0) is 33.3 Å². The highest BCUT2D eigenvalue weighted by Gasteiger charge is 2.85. The second-order valence-electron chi connectivity index (χ2n) is 16.4. The second-order valence-corrected chi connectivity index (χ2v) is 16.4. The Morgan fingerprint density at radius 2 is 1.77 bits per heavy atom. The van der Waals surface area contributed by atoms with Gasteiger partial charge in [-0.05, 0) is 111 Å². The Labute approximate surface area is 261 Å². The highest BCUT2D eigenvalue weighted by atomic mass is 16.7. The zero-order chi connectivity index (χ0) is 32.1. The van der Waals surface area contributed by atoms with Crippen molar-refractivity contribution in [3.05, 3.63) is 0 Å². The summed E-state index contributed by atoms with van der Waals surface area (Å²) >= 11 is 0. The van der Waals surface area contributed by atoms with Gasteiger partial charge in [0.1, 0.15) is 6.10 Å². The number of carbonyl (C=O) groups excluding carboxylic acids is 3. The number of ketones is 1. The maximum Gasteiger partial charge on any atom is 0.303 e. The first kappa shape index (κ1) is 32.5. The van der Waals surface area contributed by atoms with Crippen molar-refractivity contribution in [1.29, 1.82) is 0 Å². The minimum atomic E-state index is -1.32. The van der Waals surface area contributed by atoms with Crippen LogP contribution in [0.5, 0.6) is 0 Å². The zero-order valence-electron chi connectivity index (χ0n) is 27.3. The molecule has 1 aliphatic heterocycles. The molecule has 6 aliphatic rings. The van der Waals surface area contributed by atoms with Gasteiger partial charge in [-0.1, -0.05) is 20.8 Å². The van der Waals surface area contributed by atoms with Crippen LogP contribution in [0.1, 0.15) is 99.3 Å². The van der Waals surface area contributed by atoms with Crippen molar-refractivity contribution in [2.24, 2.45) is 45.1 Å². The van der Waals surface area contributed by atoms with Gasteiger partial charge in [0.05, 0.1) is 36.6 Å². The van der Waals surface area contributed by atoms with E-state index in [4.69, 9.17) is 29.8 Å². The molecule has 1 heterocycles. The number of Topliss-reactive ketones (excluding diaryl/α,β-unsaturated/α-hetero) is 1. The van der Waals surface area contributed by atoms with Gasteiger partial charge in [-0.2, -0.15) is 0 Å². The molecule has 5 aliphatic carbocycles. The smallest absolute Gasteiger partial charge is 0.303 e. The summed E-state index contributed by atoms with van der Waals surface area (Å²) in [5.41, 5.74) is 4.70. The van der Waals surface area contributed by atoms with Crippen molar-refractivity contribution in [2.75, 3.05) is 13.2 Å². The molecule has 4 N–H and O–H groups in total. The van der Waals surface area contributed by atoms with Crippen molar-refractivity contribution < 1.29 is 43.5 Å². The molecule has 2 spiro atoms. The Balaban J connectivity index is 1.25. The summed E-state index contributed by atoms with van der Waals surface area (Å²) in [6, 6.07) is 0. The van der Waals surface area contributed by atoms with Crippen LogP contribution in [0.2, 0.25) is 0 Å². The van der Waals surface area contributed by atoms with Crippen LogP contribution in [0.3, 0.4) is 0 Å². The first-order chi connectivity index (χ1) is 20.5. The summed E-state index contributed by atoms with van der Waals surface area (Å²) in [6.45, 7) is 11.1. The molecule has 6 rings (SSSR count). The summed E-state index contributed by atoms with van der Waals surface area (Å²) < 4.78 is 23.8. The fraction of sp³-hybridized carbons (Fsp3) is 0.912. The number of aliphatic hydroxyl groups excluding tert-OH is 1. The van der Waals surface area contributed by atoms with Crippen LogP contribution < -0.4 is 5.73 Å². The predicted octanol–water partition coefficient (Wildman–Crippen LogP) is 3.07. The average Bonchev–Trinajstić information content (AvgIpc) is 3.59. The predicted molar refractivity (Wildman–Crippen MR) is 159 cm³/mol. The van der Waals surface area contributed by atoms with Gasteiger partial charge in [0, 0.05) is 6.92 Å². The number of hydrogen-bond acceptors (Lipinski definition) is 10. The summed E-state index contributed by atoms with van der Waals surface area (Å²) in [5, 5.41) is 20.0. The van der Waals surface area contributed by atoms with Crippen molar-refractivity contribution in [1.82, 2.24) is 0 Å². The lowest BCUT2D eigenvalue weighted by Gasteiger charge is -2.62. The molecule has 10 heteroatoms. The number of carbonyl (C=O) groups is 3. The number of nitrogens with two attached hydrogens (primary N) is 1. The van der Waals surface area contributed by atoms with Gasteiger partial charge in [0.25, 0.3) is 0 Å². The molecule has 12 unspecified atom stereocenters. The van der Waals surface area contributed by atoms with Crippen LogP contribution in [0.25, 0.3) is 0 Å². The SMILES string of the molecule is CC(=O)OC(C1CCC2C(O1)C(=O)C1(N)C3CCC4C(C)(C)C(OC(C=O)OCCO)CCC45CC35CCC21C)C(C)(C)O. The quantitative estimate of drug-likeness (QED) is 0.199. The van der Waals surface area contributed by atoms with Crippen LogP contribution in [0.4, 0.5) is 0 Å². The third-order valence-corrected chi connectivity index (χ3v) is 13.8. The van der Waals surface area contributed by atoms with Gasteiger partial charge < -0.3 is 34.9 Å². The number of fused-ring (bicyclic) bond motifs is 4. The van der Waals surface area contributed by atoms with Gasteiger partial charge in [-0.15, -0.1) is 0 Å². The standard InChI is InChI=1S/C34H53NO9/c1-19(38)42-28(30(4,5)40)21-8-7-20-26(43-21)27(39)34(35)23-10-9-22-29(2,3)24(44-25(17-37)41-16-15-36)11-12-32(22)18-33(23,32)14-13-31(20,34)6/h17,20-26,28,36,40H,7-16,18,35H2,1-6H3. The lowest BCUT2D eigenvalue weighted by atomic mass is 9.44. The lowest BCUT2D eigenvalue weighted by molar-refractivity contribution is -0.220. The molecule has 0 amide bonds. The van der Waals surface area contributed by atoms with Gasteiger partial charge in [0.2, 0.25) is 6.29 Å². The number of hydrogen-bond donors (Lipinski definition) is 3. The Morgan fingerprint density at radius 1 is 1.09 bits per heavy atom. The van der Waals surface area contributed by atoms with Crippen LogP contribution >= 0.6 is 0 Å². The Hall–Kier alpha value is -1.43. The molecular formula is C34H53NO9. The van der Waals surface area contributed by atoms with Crippen molar-refractivity contribution in [3.63, 3.8) is 0 Å². The Morgan fingerprint density at radius 3 is 2.41 bits per heavy atom. The summed E-state index contributed by atoms with van der Waals surface area (Å²) in [6.07, 6.45) is 5.27. The summed E-state index contributed by atoms with van der Waals surface area (Å²) in [7, 11) is 0. The first-order valence-electron chi connectivity index (χ1n) is 16.7. The second kappa shape index (κ2) is 10.5. The molecule has 0 aromatic rings. The molecule has 0 aromatic heterocycles. The Bertz CT molecular complexity index is 1180. The molecule has 10 nitrogen and oxygen atoms in total. The van der Waals surface area contributed by atoms with Gasteiger partial charge in [0.15, 0.2) is 18.2 Å². The van der Waals surface area contributed by atoms with Crippen LogP contribution in [0, 0.1) is 39.4 Å². The third kappa shape index (κ3) is 4.30. The molecule has 248 valence electrons. The highest BCUT2D eigenvalue weighted by Crippen LogP contribution is 2.87. The molecule has 0 aromatic carbocycles. The number of rotatable bonds is 9. The summed E-state index contributed by atoms with van der Waals surface area (Å²) in [4.78, 5) is 38.2. The Kier molecular flexibility index (Phi) is 7.79. The van der Waals surface area contributed by atoms with E-state index in [0.29, 0.717) is 18.6 Å². The molecule has 5 saturated carbocycles. The minimum absolute atomic E-state index is 0.000211. The molecule has 1 saturated heterocycles. The molecule has 12 atom stereocenters. The van der Waals surface area contributed by atoms with Crippen molar-refractivity contribution >= 4 is 18.0 Å². The zero-order valence-corrected chi connectivity index (χ0v) is 27.3. The van der Waals surface area contributed by atoms with Crippen molar-refractivity contribution in [3.8, 4) is 0 Å². The molecule has 0 bridgehead atoms. The molecule has 44 heavy (non-hydrogen) atoms. The van der Waals surface area contributed by atoms with Gasteiger partial charge in [-0.3, -0.25) is 14.4 Å². The molecule has 6 fully saturated rings. The maximum atomic E-state index is 14.6. The number of aliphatic hydroxyl groups is 2. The van der Waals surface area contributed by atoms with E-state index < -0.39 is 47.1 Å². The van der Waals surface area contributed by atoms with E-state index in [1.54, 1.807) is 13.8 Å². The first-order valence-corrected chi connectivity index (χ1v) is 16.7. The third-order valence-electron chi connectivity index (χ3n) is 13.8. The van der Waals surface area contributed by atoms with Gasteiger partial charge in [-0.25, -0.2) is 0 Å². The van der Waals surface area contributed by atoms with Crippen LogP contribution in [0.15, 0.2) is 0 Å². The van der Waals surface area contributed by atoms with Crippen LogP contribution in [-0.4, -0.2) is 83.3 Å². The monoisotopic (exact) mass is 619 g/mol. The molecular weight excluding hydrogens is 566 g/mol. The van der Waals surface area contributed by atoms with E-state index in [2.05, 4.69) is 20.8 Å². The topological polar surface area (TPSA) is 155 Å². The van der Waals surface area contributed by atoms with E-state index >= 15 is 0 Å². The number of aldehydes is 1. The van der Waals surface area contributed by atoms with E-state index in [0.717, 1.165) is 51.4 Å². The number of esters is 1. The fourth-order valence-electron chi connectivity index (χ4n) is 11.9. The lowest BCUT2D eigenvalue weighted by Crippen LogP contribution is -2.68. The summed E-state index contributed by atoms with van der Waals surface area (Å²) in [5.74, 6) is -0.0775. The fourth-order valence-corrected chi connectivity index (χ4v) is 11.9. The van der Waals surface area contributed by atoms with Crippen molar-refractivity contribution in [2.45, 2.75) is 141 Å². The number of ether oxygens (including phenoxy) is 4. The highest BCUT2D eigenvalue weighted by molar-refractivity contribution is 5.97. The van der Waals surface area contributed by atoms with E-state index in [1.165, 1.54) is 6.92 Å². The van der Waals surface area contributed by atoms with E-state index in [-0.39, 0.29) is 53.2 Å². The molecule has 0 radical (unpaired) electrons. The largest absolute Gasteiger partial charge is 0.457 e. The van der Waals surface area contributed by atoms with E-state index in [1.807, 2.05) is 0 Å². The normalized spacial score (nSPS) is 46.8. The minimum Gasteiger partial charge on any atom is -0.457 e. The average molecular weight is 620 g/mol. The van der Waals surface area contributed by atoms with E-state index in [9.17, 15) is 19.5 Å².